The normalized spacial score (nSPS) is 29.1. The lowest BCUT2D eigenvalue weighted by atomic mass is 9.45. The third kappa shape index (κ3) is 3.34. The Morgan fingerprint density at radius 3 is 2.84 bits per heavy atom. The maximum atomic E-state index is 13.0. The van der Waals surface area contributed by atoms with Gasteiger partial charge in [0.1, 0.15) is 17.0 Å². The molecule has 2 aromatic rings. The number of rotatable bonds is 5. The molecule has 1 aliphatic heterocycles. The van der Waals surface area contributed by atoms with Gasteiger partial charge in [-0.3, -0.25) is 14.0 Å². The van der Waals surface area contributed by atoms with E-state index in [2.05, 4.69) is 24.1 Å². The summed E-state index contributed by atoms with van der Waals surface area (Å²) in [6.45, 7) is 6.64. The Morgan fingerprint density at radius 1 is 1.26 bits per heavy atom. The standard InChI is InChI=1S/C24H33N5O2/c1-24(2)16-9-8-15(18(24)11-16)13-26-22(30)20-6-3-7-21-27-19(14-29(20)21)23(31)28-10-4-5-17(28)12-25/h3,6-7,14-18H,4-5,8-13,25H2,1-2H3,(H,26,30)/t15-,16-,17?,18+/m0/s1. The lowest BCUT2D eigenvalue weighted by Crippen LogP contribution is -2.54. The van der Waals surface area contributed by atoms with Crippen molar-refractivity contribution >= 4 is 17.5 Å². The smallest absolute Gasteiger partial charge is 0.274 e. The average Bonchev–Trinajstić information content (AvgIpc) is 3.43. The number of hydrogen-bond acceptors (Lipinski definition) is 4. The molecule has 2 aromatic heterocycles. The van der Waals surface area contributed by atoms with Gasteiger partial charge >= 0.3 is 0 Å². The first-order valence-electron chi connectivity index (χ1n) is 11.7. The second kappa shape index (κ2) is 7.62. The minimum atomic E-state index is -0.109. The number of carbonyl (C=O) groups excluding carboxylic acids is 2. The molecule has 166 valence electrons. The van der Waals surface area contributed by atoms with Crippen LogP contribution in [-0.4, -0.2) is 51.8 Å². The molecule has 7 heteroatoms. The summed E-state index contributed by atoms with van der Waals surface area (Å²) in [6.07, 6.45) is 7.37. The highest BCUT2D eigenvalue weighted by Crippen LogP contribution is 2.61. The average molecular weight is 424 g/mol. The van der Waals surface area contributed by atoms with Crippen molar-refractivity contribution in [3.05, 3.63) is 35.8 Å². The van der Waals surface area contributed by atoms with Crippen molar-refractivity contribution in [3.8, 4) is 0 Å². The summed E-state index contributed by atoms with van der Waals surface area (Å²) < 4.78 is 1.74. The molecule has 0 aromatic carbocycles. The van der Waals surface area contributed by atoms with E-state index in [0.717, 1.165) is 18.8 Å². The summed E-state index contributed by atoms with van der Waals surface area (Å²) in [6, 6.07) is 5.52. The fourth-order valence-corrected chi connectivity index (χ4v) is 6.32. The largest absolute Gasteiger partial charge is 0.350 e. The lowest BCUT2D eigenvalue weighted by molar-refractivity contribution is -0.103. The number of likely N-dealkylation sites (tertiary alicyclic amines) is 1. The molecule has 0 spiro atoms. The summed E-state index contributed by atoms with van der Waals surface area (Å²) >= 11 is 0. The van der Waals surface area contributed by atoms with Gasteiger partial charge in [0.2, 0.25) is 0 Å². The van der Waals surface area contributed by atoms with Crippen molar-refractivity contribution in [3.63, 3.8) is 0 Å². The van der Waals surface area contributed by atoms with E-state index in [1.165, 1.54) is 19.3 Å². The Balaban J connectivity index is 1.32. The molecule has 0 radical (unpaired) electrons. The van der Waals surface area contributed by atoms with Gasteiger partial charge < -0.3 is 16.0 Å². The Kier molecular flexibility index (Phi) is 5.04. The van der Waals surface area contributed by atoms with Gasteiger partial charge in [0.25, 0.3) is 11.8 Å². The quantitative estimate of drug-likeness (QED) is 0.773. The fraction of sp³-hybridized carbons (Fsp3) is 0.625. The first-order valence-corrected chi connectivity index (χ1v) is 11.7. The van der Waals surface area contributed by atoms with E-state index in [1.54, 1.807) is 16.7 Å². The molecule has 6 rings (SSSR count). The molecule has 4 fully saturated rings. The van der Waals surface area contributed by atoms with Crippen LogP contribution in [0.3, 0.4) is 0 Å². The van der Waals surface area contributed by atoms with E-state index in [0.29, 0.717) is 53.9 Å². The molecule has 31 heavy (non-hydrogen) atoms. The molecule has 2 amide bonds. The van der Waals surface area contributed by atoms with Crippen molar-refractivity contribution in [2.75, 3.05) is 19.6 Å². The van der Waals surface area contributed by atoms with Gasteiger partial charge in [-0.1, -0.05) is 19.9 Å². The zero-order chi connectivity index (χ0) is 21.8. The molecule has 4 aliphatic rings. The number of nitrogens with zero attached hydrogens (tertiary/aromatic N) is 3. The van der Waals surface area contributed by atoms with Crippen LogP contribution in [-0.2, 0) is 0 Å². The minimum Gasteiger partial charge on any atom is -0.350 e. The molecular formula is C24H33N5O2. The zero-order valence-electron chi connectivity index (χ0n) is 18.5. The van der Waals surface area contributed by atoms with Crippen molar-refractivity contribution in [1.29, 1.82) is 0 Å². The van der Waals surface area contributed by atoms with Crippen LogP contribution in [0.25, 0.3) is 5.65 Å². The molecule has 3 aliphatic carbocycles. The summed E-state index contributed by atoms with van der Waals surface area (Å²) in [4.78, 5) is 32.4. The van der Waals surface area contributed by atoms with Crippen LogP contribution < -0.4 is 11.1 Å². The SMILES string of the molecule is CC1(C)[C@H]2CC[C@@H](CNC(=O)c3cccc4nc(C(=O)N5CCCC5CN)cn34)[C@H]1C2. The van der Waals surface area contributed by atoms with Crippen LogP contribution in [0.5, 0.6) is 0 Å². The molecule has 3 heterocycles. The molecule has 7 nitrogen and oxygen atoms in total. The zero-order valence-corrected chi connectivity index (χ0v) is 18.5. The first kappa shape index (κ1) is 20.5. The first-order chi connectivity index (χ1) is 14.9. The van der Waals surface area contributed by atoms with Gasteiger partial charge in [-0.2, -0.15) is 0 Å². The number of aromatic nitrogens is 2. The Labute approximate surface area is 183 Å². The fourth-order valence-electron chi connectivity index (χ4n) is 6.32. The van der Waals surface area contributed by atoms with Crippen LogP contribution in [0.4, 0.5) is 0 Å². The predicted molar refractivity (Wildman–Crippen MR) is 119 cm³/mol. The molecule has 2 bridgehead atoms. The molecule has 3 N–H and O–H groups in total. The Morgan fingerprint density at radius 2 is 2.10 bits per heavy atom. The number of nitrogens with one attached hydrogen (secondary N) is 1. The lowest BCUT2D eigenvalue weighted by Gasteiger charge is -2.60. The van der Waals surface area contributed by atoms with Gasteiger partial charge in [0, 0.05) is 31.9 Å². The molecule has 1 saturated heterocycles. The van der Waals surface area contributed by atoms with Crippen LogP contribution in [0.15, 0.2) is 24.4 Å². The Hall–Kier alpha value is -2.41. The van der Waals surface area contributed by atoms with Gasteiger partial charge in [-0.05, 0) is 67.4 Å². The topological polar surface area (TPSA) is 92.7 Å². The van der Waals surface area contributed by atoms with Gasteiger partial charge in [0.15, 0.2) is 0 Å². The monoisotopic (exact) mass is 423 g/mol. The predicted octanol–water partition coefficient (Wildman–Crippen LogP) is 2.70. The van der Waals surface area contributed by atoms with E-state index >= 15 is 0 Å². The second-order valence-electron chi connectivity index (χ2n) is 10.2. The van der Waals surface area contributed by atoms with Gasteiger partial charge in [-0.15, -0.1) is 0 Å². The maximum absolute atomic E-state index is 13.0. The summed E-state index contributed by atoms with van der Waals surface area (Å²) in [5, 5.41) is 3.16. The van der Waals surface area contributed by atoms with Crippen LogP contribution >= 0.6 is 0 Å². The molecule has 4 atom stereocenters. The van der Waals surface area contributed by atoms with Crippen LogP contribution in [0.1, 0.15) is 66.9 Å². The van der Waals surface area contributed by atoms with E-state index in [1.807, 2.05) is 17.0 Å². The van der Waals surface area contributed by atoms with E-state index < -0.39 is 0 Å². The third-order valence-electron chi connectivity index (χ3n) is 8.38. The van der Waals surface area contributed by atoms with E-state index in [9.17, 15) is 9.59 Å². The van der Waals surface area contributed by atoms with Crippen LogP contribution in [0.2, 0.25) is 0 Å². The maximum Gasteiger partial charge on any atom is 0.274 e. The molecular weight excluding hydrogens is 390 g/mol. The third-order valence-corrected chi connectivity index (χ3v) is 8.38. The number of imidazole rings is 1. The summed E-state index contributed by atoms with van der Waals surface area (Å²) in [7, 11) is 0. The van der Waals surface area contributed by atoms with Crippen molar-refractivity contribution in [2.45, 2.75) is 52.0 Å². The van der Waals surface area contributed by atoms with Crippen molar-refractivity contribution in [1.82, 2.24) is 19.6 Å². The van der Waals surface area contributed by atoms with Crippen molar-refractivity contribution in [2.24, 2.45) is 28.9 Å². The summed E-state index contributed by atoms with van der Waals surface area (Å²) in [5.41, 5.74) is 7.74. The highest BCUT2D eigenvalue weighted by molar-refractivity contribution is 5.95. The van der Waals surface area contributed by atoms with Gasteiger partial charge in [-0.25, -0.2) is 4.98 Å². The van der Waals surface area contributed by atoms with Crippen LogP contribution in [0, 0.1) is 23.2 Å². The number of carbonyl (C=O) groups is 2. The Bertz CT molecular complexity index is 1010. The number of nitrogens with two attached hydrogens (primary N) is 1. The number of amides is 2. The minimum absolute atomic E-state index is 0.0749. The van der Waals surface area contributed by atoms with E-state index in [4.69, 9.17) is 5.73 Å². The van der Waals surface area contributed by atoms with E-state index in [-0.39, 0.29) is 17.9 Å². The summed E-state index contributed by atoms with van der Waals surface area (Å²) in [5.74, 6) is 1.89. The number of fused-ring (bicyclic) bond motifs is 3. The van der Waals surface area contributed by atoms with Gasteiger partial charge in [0.05, 0.1) is 0 Å². The van der Waals surface area contributed by atoms with Crippen molar-refractivity contribution < 1.29 is 9.59 Å². The highest BCUT2D eigenvalue weighted by atomic mass is 16.2. The number of pyridine rings is 1. The highest BCUT2D eigenvalue weighted by Gasteiger charge is 2.53. The number of hydrogen-bond donors (Lipinski definition) is 2. The second-order valence-corrected chi connectivity index (χ2v) is 10.2. The molecule has 3 saturated carbocycles. The molecule has 1 unspecified atom stereocenters.